The smallest absolute Gasteiger partial charge is 0.404 e. The van der Waals surface area contributed by atoms with E-state index in [2.05, 4.69) is 16.0 Å². The van der Waals surface area contributed by atoms with E-state index in [1.165, 1.54) is 0 Å². The summed E-state index contributed by atoms with van der Waals surface area (Å²) in [6.45, 7) is 2.03. The Bertz CT molecular complexity index is 823. The van der Waals surface area contributed by atoms with Gasteiger partial charge in [0.15, 0.2) is 0 Å². The van der Waals surface area contributed by atoms with Crippen molar-refractivity contribution in [3.63, 3.8) is 0 Å². The van der Waals surface area contributed by atoms with E-state index in [-0.39, 0.29) is 43.2 Å². The molecule has 1 aliphatic heterocycles. The van der Waals surface area contributed by atoms with Crippen molar-refractivity contribution in [1.29, 1.82) is 0 Å². The minimum Gasteiger partial charge on any atom is -0.465 e. The standard InChI is InChI=1S/C25H39ClN4O5/c1-27-15-21(22(31)17-6-2-3-7-17)29-24(32)30-12-5-9-19(16-30)23(35-13-11-28-25(33)34)18-8-4-10-20(26)14-18/h4,8,10,14,17,19,21-23,27-28,31H,2-3,5-7,9,11-13,15-16H2,1H3,(H,29,32)(H,33,34). The molecule has 0 radical (unpaired) electrons. The Balaban J connectivity index is 1.66. The first kappa shape index (κ1) is 27.5. The van der Waals surface area contributed by atoms with Crippen molar-refractivity contribution in [2.45, 2.75) is 56.8 Å². The molecule has 0 aromatic heterocycles. The maximum absolute atomic E-state index is 13.2. The van der Waals surface area contributed by atoms with Crippen LogP contribution in [-0.2, 0) is 4.74 Å². The van der Waals surface area contributed by atoms with E-state index in [4.69, 9.17) is 21.4 Å². The van der Waals surface area contributed by atoms with Gasteiger partial charge in [-0.05, 0) is 56.3 Å². The van der Waals surface area contributed by atoms with E-state index in [0.29, 0.717) is 24.7 Å². The second-order valence-corrected chi connectivity index (χ2v) is 10.0. The highest BCUT2D eigenvalue weighted by molar-refractivity contribution is 6.30. The minimum absolute atomic E-state index is 0.0281. The average Bonchev–Trinajstić information content (AvgIpc) is 3.38. The number of urea groups is 1. The Morgan fingerprint density at radius 3 is 2.63 bits per heavy atom. The van der Waals surface area contributed by atoms with Crippen LogP contribution in [0.1, 0.15) is 50.2 Å². The average molecular weight is 511 g/mol. The van der Waals surface area contributed by atoms with Gasteiger partial charge in [0.05, 0.1) is 24.9 Å². The van der Waals surface area contributed by atoms with E-state index in [9.17, 15) is 14.7 Å². The lowest BCUT2D eigenvalue weighted by Gasteiger charge is -2.38. The Morgan fingerprint density at radius 1 is 1.20 bits per heavy atom. The van der Waals surface area contributed by atoms with Gasteiger partial charge in [0.25, 0.3) is 0 Å². The third kappa shape index (κ3) is 8.24. The van der Waals surface area contributed by atoms with Gasteiger partial charge in [-0.2, -0.15) is 0 Å². The summed E-state index contributed by atoms with van der Waals surface area (Å²) in [4.78, 5) is 25.8. The highest BCUT2D eigenvalue weighted by Gasteiger charge is 2.34. The third-order valence-electron chi connectivity index (χ3n) is 7.05. The first-order valence-electron chi connectivity index (χ1n) is 12.6. The zero-order chi connectivity index (χ0) is 25.2. The molecule has 1 aliphatic carbocycles. The van der Waals surface area contributed by atoms with Crippen LogP contribution in [-0.4, -0.2) is 79.2 Å². The number of ether oxygens (including phenoxy) is 1. The first-order chi connectivity index (χ1) is 16.9. The summed E-state index contributed by atoms with van der Waals surface area (Å²) in [5.74, 6) is 0.253. The summed E-state index contributed by atoms with van der Waals surface area (Å²) in [5, 5.41) is 28.8. The lowest BCUT2D eigenvalue weighted by molar-refractivity contribution is -0.00907. The molecule has 0 bridgehead atoms. The molecule has 4 atom stereocenters. The van der Waals surface area contributed by atoms with Crippen molar-refractivity contribution in [1.82, 2.24) is 20.9 Å². The molecule has 2 aliphatic rings. The number of likely N-dealkylation sites (tertiary alicyclic amines) is 1. The van der Waals surface area contributed by atoms with E-state index in [1.54, 1.807) is 11.0 Å². The number of aliphatic hydroxyl groups is 1. The van der Waals surface area contributed by atoms with Crippen molar-refractivity contribution in [2.24, 2.45) is 11.8 Å². The van der Waals surface area contributed by atoms with Crippen LogP contribution in [0.3, 0.4) is 0 Å². The van der Waals surface area contributed by atoms with E-state index < -0.39 is 12.2 Å². The lowest BCUT2D eigenvalue weighted by Crippen LogP contribution is -2.56. The van der Waals surface area contributed by atoms with Crippen molar-refractivity contribution in [2.75, 3.05) is 39.8 Å². The number of amides is 3. The fraction of sp³-hybridized carbons (Fsp3) is 0.680. The van der Waals surface area contributed by atoms with Crippen LogP contribution in [0.15, 0.2) is 24.3 Å². The summed E-state index contributed by atoms with van der Waals surface area (Å²) in [6, 6.07) is 6.94. The summed E-state index contributed by atoms with van der Waals surface area (Å²) in [6.07, 6.45) is 3.97. The Kier molecular flexibility index (Phi) is 10.9. The van der Waals surface area contributed by atoms with Crippen LogP contribution >= 0.6 is 11.6 Å². The second-order valence-electron chi connectivity index (χ2n) is 9.58. The van der Waals surface area contributed by atoms with Gasteiger partial charge in [-0.25, -0.2) is 9.59 Å². The number of halogens is 1. The van der Waals surface area contributed by atoms with Gasteiger partial charge in [0.1, 0.15) is 0 Å². The number of carbonyl (C=O) groups excluding carboxylic acids is 1. The molecule has 9 nitrogen and oxygen atoms in total. The molecule has 1 aromatic carbocycles. The number of benzene rings is 1. The molecule has 3 amide bonds. The Labute approximate surface area is 212 Å². The van der Waals surface area contributed by atoms with E-state index >= 15 is 0 Å². The molecule has 196 valence electrons. The molecule has 35 heavy (non-hydrogen) atoms. The van der Waals surface area contributed by atoms with E-state index in [1.807, 2.05) is 25.2 Å². The summed E-state index contributed by atoms with van der Waals surface area (Å²) in [7, 11) is 1.82. The SMILES string of the molecule is CNCC(NC(=O)N1CCCC(C(OCCNC(=O)O)c2cccc(Cl)c2)C1)C(O)C1CCCC1. The number of rotatable bonds is 11. The van der Waals surface area contributed by atoms with Crippen LogP contribution in [0.25, 0.3) is 0 Å². The van der Waals surface area contributed by atoms with Crippen molar-refractivity contribution >= 4 is 23.7 Å². The molecule has 3 rings (SSSR count). The normalized spacial score (nSPS) is 21.3. The monoisotopic (exact) mass is 510 g/mol. The molecule has 4 unspecified atom stereocenters. The Hall–Kier alpha value is -2.07. The molecule has 0 spiro atoms. The van der Waals surface area contributed by atoms with Crippen molar-refractivity contribution in [3.05, 3.63) is 34.9 Å². The van der Waals surface area contributed by atoms with Gasteiger partial charge in [-0.3, -0.25) is 0 Å². The number of carbonyl (C=O) groups is 2. The largest absolute Gasteiger partial charge is 0.465 e. The second kappa shape index (κ2) is 13.9. The summed E-state index contributed by atoms with van der Waals surface area (Å²) < 4.78 is 6.13. The van der Waals surface area contributed by atoms with Crippen LogP contribution in [0.4, 0.5) is 9.59 Å². The summed E-state index contributed by atoms with van der Waals surface area (Å²) >= 11 is 6.23. The maximum atomic E-state index is 13.2. The molecule has 1 heterocycles. The predicted octanol–water partition coefficient (Wildman–Crippen LogP) is 3.23. The molecule has 10 heteroatoms. The van der Waals surface area contributed by atoms with Gasteiger partial charge in [-0.15, -0.1) is 0 Å². The predicted molar refractivity (Wildman–Crippen MR) is 135 cm³/mol. The topological polar surface area (TPSA) is 123 Å². The van der Waals surface area contributed by atoms with Gasteiger partial charge >= 0.3 is 12.1 Å². The number of carboxylic acid groups (broad SMARTS) is 1. The Morgan fingerprint density at radius 2 is 1.94 bits per heavy atom. The molecule has 1 saturated heterocycles. The fourth-order valence-corrected chi connectivity index (χ4v) is 5.53. The molecular formula is C25H39ClN4O5. The summed E-state index contributed by atoms with van der Waals surface area (Å²) in [5.41, 5.74) is 0.907. The molecule has 5 N–H and O–H groups in total. The van der Waals surface area contributed by atoms with Gasteiger partial charge in [-0.1, -0.05) is 36.6 Å². The number of nitrogens with zero attached hydrogens (tertiary/aromatic N) is 1. The number of hydrogen-bond acceptors (Lipinski definition) is 5. The van der Waals surface area contributed by atoms with Gasteiger partial charge in [0.2, 0.25) is 0 Å². The van der Waals surface area contributed by atoms with Crippen LogP contribution in [0.2, 0.25) is 5.02 Å². The molecule has 1 aromatic rings. The fourth-order valence-electron chi connectivity index (χ4n) is 5.33. The molecule has 2 fully saturated rings. The van der Waals surface area contributed by atoms with Crippen LogP contribution in [0, 0.1) is 11.8 Å². The number of aliphatic hydroxyl groups excluding tert-OH is 1. The molecular weight excluding hydrogens is 472 g/mol. The third-order valence-corrected chi connectivity index (χ3v) is 7.29. The van der Waals surface area contributed by atoms with Gasteiger partial charge < -0.3 is 35.8 Å². The zero-order valence-electron chi connectivity index (χ0n) is 20.4. The number of nitrogens with one attached hydrogen (secondary N) is 3. The number of piperidine rings is 1. The zero-order valence-corrected chi connectivity index (χ0v) is 21.2. The number of hydrogen-bond donors (Lipinski definition) is 5. The minimum atomic E-state index is -1.09. The maximum Gasteiger partial charge on any atom is 0.404 e. The van der Waals surface area contributed by atoms with Gasteiger partial charge in [0, 0.05) is 37.1 Å². The number of likely N-dealkylation sites (N-methyl/N-ethyl adjacent to an activating group) is 1. The highest BCUT2D eigenvalue weighted by atomic mass is 35.5. The van der Waals surface area contributed by atoms with Crippen molar-refractivity contribution in [3.8, 4) is 0 Å². The first-order valence-corrected chi connectivity index (χ1v) is 13.0. The van der Waals surface area contributed by atoms with Crippen molar-refractivity contribution < 1.29 is 24.5 Å². The van der Waals surface area contributed by atoms with Crippen LogP contribution in [0.5, 0.6) is 0 Å². The molecule has 1 saturated carbocycles. The van der Waals surface area contributed by atoms with Crippen LogP contribution < -0.4 is 16.0 Å². The van der Waals surface area contributed by atoms with E-state index in [0.717, 1.165) is 44.1 Å². The quantitative estimate of drug-likeness (QED) is 0.291. The highest BCUT2D eigenvalue weighted by Crippen LogP contribution is 2.34. The lowest BCUT2D eigenvalue weighted by atomic mass is 9.88.